The van der Waals surface area contributed by atoms with Crippen LogP contribution in [-0.4, -0.2) is 20.6 Å². The molecule has 0 bridgehead atoms. The van der Waals surface area contributed by atoms with E-state index < -0.39 is 10.8 Å². The predicted octanol–water partition coefficient (Wildman–Crippen LogP) is 6.49. The normalized spacial score (nSPS) is 10.6. The number of carbonyl (C=O) groups excluding carboxylic acids is 1. The van der Waals surface area contributed by atoms with Crippen molar-refractivity contribution in [2.45, 2.75) is 13.7 Å². The fourth-order valence-corrected chi connectivity index (χ4v) is 3.50. The van der Waals surface area contributed by atoms with Gasteiger partial charge in [0.2, 0.25) is 0 Å². The Morgan fingerprint density at radius 2 is 1.83 bits per heavy atom. The Hall–Kier alpha value is -4.08. The zero-order chi connectivity index (χ0) is 24.9. The number of aromatic nitrogens is 2. The summed E-state index contributed by atoms with van der Waals surface area (Å²) in [7, 11) is 0. The van der Waals surface area contributed by atoms with Crippen LogP contribution in [0.5, 0.6) is 17.2 Å². The van der Waals surface area contributed by atoms with Crippen molar-refractivity contribution in [3.8, 4) is 17.2 Å². The number of halogens is 2. The summed E-state index contributed by atoms with van der Waals surface area (Å²) >= 11 is 12.0. The molecule has 178 valence electrons. The average molecular weight is 513 g/mol. The van der Waals surface area contributed by atoms with E-state index in [1.807, 2.05) is 19.1 Å². The van der Waals surface area contributed by atoms with Crippen LogP contribution in [0.1, 0.15) is 16.1 Å². The standard InChI is InChI=1S/C24H18Cl2N4O5/c1-15-2-5-19(6-3-15)35-20-12-17(11-18(13-20)30(32)33)27-24(31)22-8-9-29(28-22)14-34-23-7-4-16(25)10-21(23)26/h2-13H,14H2,1H3,(H,27,31). The van der Waals surface area contributed by atoms with E-state index in [-0.39, 0.29) is 29.5 Å². The van der Waals surface area contributed by atoms with Crippen molar-refractivity contribution < 1.29 is 19.2 Å². The van der Waals surface area contributed by atoms with E-state index in [2.05, 4.69) is 10.4 Å². The molecular weight excluding hydrogens is 495 g/mol. The molecule has 1 amide bonds. The van der Waals surface area contributed by atoms with Crippen LogP contribution in [0.25, 0.3) is 0 Å². The lowest BCUT2D eigenvalue weighted by molar-refractivity contribution is -0.384. The SMILES string of the molecule is Cc1ccc(Oc2cc(NC(=O)c3ccn(COc4ccc(Cl)cc4Cl)n3)cc([N+](=O)[O-])c2)cc1. The van der Waals surface area contributed by atoms with E-state index in [9.17, 15) is 14.9 Å². The molecule has 0 atom stereocenters. The molecule has 0 radical (unpaired) electrons. The molecule has 0 spiro atoms. The van der Waals surface area contributed by atoms with Crippen LogP contribution in [0.4, 0.5) is 11.4 Å². The zero-order valence-corrected chi connectivity index (χ0v) is 19.8. The van der Waals surface area contributed by atoms with Crippen molar-refractivity contribution >= 4 is 40.5 Å². The van der Waals surface area contributed by atoms with Crippen molar-refractivity contribution in [3.63, 3.8) is 0 Å². The van der Waals surface area contributed by atoms with E-state index in [1.165, 1.54) is 28.9 Å². The van der Waals surface area contributed by atoms with E-state index in [0.29, 0.717) is 21.5 Å². The number of nitro groups is 1. The second-order valence-electron chi connectivity index (χ2n) is 7.43. The van der Waals surface area contributed by atoms with Crippen molar-refractivity contribution in [1.82, 2.24) is 9.78 Å². The molecule has 0 unspecified atom stereocenters. The first kappa shape index (κ1) is 24.1. The summed E-state index contributed by atoms with van der Waals surface area (Å²) in [6.45, 7) is 1.94. The molecule has 1 aromatic heterocycles. The number of nitrogens with one attached hydrogen (secondary N) is 1. The van der Waals surface area contributed by atoms with E-state index in [4.69, 9.17) is 32.7 Å². The maximum Gasteiger partial charge on any atom is 0.276 e. The molecule has 1 N–H and O–H groups in total. The number of amides is 1. The van der Waals surface area contributed by atoms with Gasteiger partial charge in [0.05, 0.1) is 21.7 Å². The molecule has 0 aliphatic heterocycles. The molecule has 0 saturated carbocycles. The van der Waals surface area contributed by atoms with Gasteiger partial charge in [-0.15, -0.1) is 0 Å². The highest BCUT2D eigenvalue weighted by atomic mass is 35.5. The Morgan fingerprint density at radius 3 is 2.54 bits per heavy atom. The molecule has 4 aromatic rings. The minimum Gasteiger partial charge on any atom is -0.470 e. The Bertz CT molecular complexity index is 1390. The van der Waals surface area contributed by atoms with Crippen LogP contribution < -0.4 is 14.8 Å². The molecule has 0 saturated heterocycles. The van der Waals surface area contributed by atoms with E-state index >= 15 is 0 Å². The number of benzene rings is 3. The van der Waals surface area contributed by atoms with Crippen LogP contribution in [0.3, 0.4) is 0 Å². The van der Waals surface area contributed by atoms with Gasteiger partial charge in [-0.1, -0.05) is 40.9 Å². The number of hydrogen-bond donors (Lipinski definition) is 1. The molecule has 9 nitrogen and oxygen atoms in total. The minimum atomic E-state index is -0.564. The van der Waals surface area contributed by atoms with Crippen molar-refractivity contribution in [3.05, 3.63) is 104 Å². The molecular formula is C24H18Cl2N4O5. The van der Waals surface area contributed by atoms with Crippen LogP contribution in [-0.2, 0) is 6.73 Å². The quantitative estimate of drug-likeness (QED) is 0.213. The van der Waals surface area contributed by atoms with Crippen LogP contribution >= 0.6 is 23.2 Å². The molecule has 1 heterocycles. The van der Waals surface area contributed by atoms with Gasteiger partial charge in [0.15, 0.2) is 12.4 Å². The van der Waals surface area contributed by atoms with Crippen LogP contribution in [0, 0.1) is 17.0 Å². The maximum absolute atomic E-state index is 12.7. The topological polar surface area (TPSA) is 109 Å². The average Bonchev–Trinajstić information content (AvgIpc) is 3.29. The Balaban J connectivity index is 1.46. The first-order chi connectivity index (χ1) is 16.8. The highest BCUT2D eigenvalue weighted by molar-refractivity contribution is 6.35. The smallest absolute Gasteiger partial charge is 0.276 e. The van der Waals surface area contributed by atoms with Crippen LogP contribution in [0.2, 0.25) is 10.0 Å². The van der Waals surface area contributed by atoms with E-state index in [0.717, 1.165) is 5.56 Å². The van der Waals surface area contributed by atoms with Gasteiger partial charge in [0, 0.05) is 23.4 Å². The second kappa shape index (κ2) is 10.5. The molecule has 4 rings (SSSR count). The van der Waals surface area contributed by atoms with Gasteiger partial charge in [0.1, 0.15) is 17.2 Å². The van der Waals surface area contributed by atoms with Gasteiger partial charge in [-0.25, -0.2) is 4.68 Å². The molecule has 0 fully saturated rings. The van der Waals surface area contributed by atoms with E-state index in [1.54, 1.807) is 36.5 Å². The number of nitrogens with zero attached hydrogens (tertiary/aromatic N) is 3. The largest absolute Gasteiger partial charge is 0.470 e. The Labute approximate surface area is 210 Å². The molecule has 11 heteroatoms. The summed E-state index contributed by atoms with van der Waals surface area (Å²) in [4.78, 5) is 23.5. The lowest BCUT2D eigenvalue weighted by atomic mass is 10.2. The summed E-state index contributed by atoms with van der Waals surface area (Å²) in [5.41, 5.74) is 1.09. The third-order valence-electron chi connectivity index (χ3n) is 4.74. The lowest BCUT2D eigenvalue weighted by Crippen LogP contribution is -2.14. The number of non-ortho nitro benzene ring substituents is 1. The Morgan fingerprint density at radius 1 is 1.06 bits per heavy atom. The minimum absolute atomic E-state index is 0.0000206. The first-order valence-electron chi connectivity index (χ1n) is 10.2. The van der Waals surface area contributed by atoms with Gasteiger partial charge in [-0.05, 0) is 43.3 Å². The van der Waals surface area contributed by atoms with Gasteiger partial charge in [-0.2, -0.15) is 5.10 Å². The fourth-order valence-electron chi connectivity index (χ4n) is 3.04. The number of nitro benzene ring substituents is 1. The summed E-state index contributed by atoms with van der Waals surface area (Å²) in [5.74, 6) is 0.565. The molecule has 3 aromatic carbocycles. The summed E-state index contributed by atoms with van der Waals surface area (Å²) in [6, 6.07) is 17.5. The molecule has 0 aliphatic rings. The van der Waals surface area contributed by atoms with Crippen molar-refractivity contribution in [2.24, 2.45) is 0 Å². The number of hydrogen-bond acceptors (Lipinski definition) is 6. The van der Waals surface area contributed by atoms with Gasteiger partial charge >= 0.3 is 0 Å². The maximum atomic E-state index is 12.7. The highest BCUT2D eigenvalue weighted by Crippen LogP contribution is 2.30. The second-order valence-corrected chi connectivity index (χ2v) is 8.27. The summed E-state index contributed by atoms with van der Waals surface area (Å²) in [6.07, 6.45) is 1.55. The predicted molar refractivity (Wildman–Crippen MR) is 132 cm³/mol. The highest BCUT2D eigenvalue weighted by Gasteiger charge is 2.16. The first-order valence-corrected chi connectivity index (χ1v) is 11.0. The number of rotatable bonds is 8. The number of aryl methyl sites for hydroxylation is 1. The monoisotopic (exact) mass is 512 g/mol. The third-order valence-corrected chi connectivity index (χ3v) is 5.27. The number of ether oxygens (including phenoxy) is 2. The zero-order valence-electron chi connectivity index (χ0n) is 18.3. The summed E-state index contributed by atoms with van der Waals surface area (Å²) in [5, 5.41) is 19.0. The Kier molecular flexibility index (Phi) is 7.19. The van der Waals surface area contributed by atoms with Gasteiger partial charge in [0.25, 0.3) is 11.6 Å². The lowest BCUT2D eigenvalue weighted by Gasteiger charge is -2.09. The third kappa shape index (κ3) is 6.28. The molecule has 35 heavy (non-hydrogen) atoms. The number of anilines is 1. The number of carbonyl (C=O) groups is 1. The molecule has 0 aliphatic carbocycles. The van der Waals surface area contributed by atoms with Crippen molar-refractivity contribution in [2.75, 3.05) is 5.32 Å². The van der Waals surface area contributed by atoms with Crippen molar-refractivity contribution in [1.29, 1.82) is 0 Å². The van der Waals surface area contributed by atoms with Gasteiger partial charge < -0.3 is 14.8 Å². The van der Waals surface area contributed by atoms with Crippen LogP contribution in [0.15, 0.2) is 72.9 Å². The summed E-state index contributed by atoms with van der Waals surface area (Å²) < 4.78 is 12.7. The van der Waals surface area contributed by atoms with Gasteiger partial charge in [-0.3, -0.25) is 14.9 Å². The fraction of sp³-hybridized carbons (Fsp3) is 0.0833.